The van der Waals surface area contributed by atoms with Gasteiger partial charge in [-0.05, 0) is 19.3 Å². The first-order valence-corrected chi connectivity index (χ1v) is 7.90. The molecule has 0 aliphatic heterocycles. The molecular weight excluding hydrogens is 248 g/mol. The highest BCUT2D eigenvalue weighted by molar-refractivity contribution is 5.66. The molecule has 0 aliphatic rings. The number of hydrogen-bond donors (Lipinski definition) is 1. The summed E-state index contributed by atoms with van der Waals surface area (Å²) in [6.07, 6.45) is 11.9. The Labute approximate surface area is 124 Å². The first-order chi connectivity index (χ1) is 9.77. The van der Waals surface area contributed by atoms with Crippen molar-refractivity contribution in [2.24, 2.45) is 0 Å². The lowest BCUT2D eigenvalue weighted by Crippen LogP contribution is -1.92. The van der Waals surface area contributed by atoms with Crippen molar-refractivity contribution in [2.75, 3.05) is 0 Å². The van der Waals surface area contributed by atoms with E-state index in [2.05, 4.69) is 30.6 Å². The standard InChI is InChI=1S/C18H28O2/c1-2-3-4-5-6-7-8-9-10-11-12-13-14-15-16-17-18(19)20/h2-7,10-12,15-17H2,1H3,(H,19,20). The minimum Gasteiger partial charge on any atom is -0.481 e. The fraction of sp³-hybridized carbons (Fsp3) is 0.722. The van der Waals surface area contributed by atoms with E-state index < -0.39 is 5.97 Å². The second kappa shape index (κ2) is 15.6. The lowest BCUT2D eigenvalue weighted by Gasteiger charge is -1.94. The van der Waals surface area contributed by atoms with Crippen LogP contribution in [0.2, 0.25) is 0 Å². The highest BCUT2D eigenvalue weighted by Gasteiger charge is 1.92. The van der Waals surface area contributed by atoms with Gasteiger partial charge in [0.05, 0.1) is 0 Å². The minimum atomic E-state index is -0.739. The van der Waals surface area contributed by atoms with Crippen LogP contribution in [0.4, 0.5) is 0 Å². The Kier molecular flexibility index (Phi) is 14.5. The van der Waals surface area contributed by atoms with Crippen molar-refractivity contribution in [1.82, 2.24) is 0 Å². The van der Waals surface area contributed by atoms with Crippen molar-refractivity contribution in [3.63, 3.8) is 0 Å². The Morgan fingerprint density at radius 2 is 1.25 bits per heavy atom. The minimum absolute atomic E-state index is 0.221. The molecule has 0 heterocycles. The molecule has 0 amide bonds. The zero-order valence-corrected chi connectivity index (χ0v) is 12.8. The number of carboxylic acids is 1. The van der Waals surface area contributed by atoms with Gasteiger partial charge in [-0.15, -0.1) is 23.7 Å². The summed E-state index contributed by atoms with van der Waals surface area (Å²) in [4.78, 5) is 10.3. The Morgan fingerprint density at radius 1 is 0.750 bits per heavy atom. The summed E-state index contributed by atoms with van der Waals surface area (Å²) in [5.41, 5.74) is 0. The van der Waals surface area contributed by atoms with E-state index in [-0.39, 0.29) is 6.42 Å². The molecule has 2 heteroatoms. The molecule has 0 saturated carbocycles. The van der Waals surface area contributed by atoms with E-state index in [1.165, 1.54) is 32.1 Å². The van der Waals surface area contributed by atoms with E-state index in [1.807, 2.05) is 0 Å². The summed E-state index contributed by atoms with van der Waals surface area (Å²) < 4.78 is 0. The molecule has 0 saturated heterocycles. The molecule has 0 rings (SSSR count). The predicted molar refractivity (Wildman–Crippen MR) is 84.3 cm³/mol. The Balaban J connectivity index is 3.27. The highest BCUT2D eigenvalue weighted by atomic mass is 16.4. The van der Waals surface area contributed by atoms with E-state index >= 15 is 0 Å². The van der Waals surface area contributed by atoms with E-state index in [0.717, 1.165) is 25.7 Å². The number of aliphatic carboxylic acids is 1. The molecule has 2 nitrogen and oxygen atoms in total. The molecule has 0 spiro atoms. The van der Waals surface area contributed by atoms with Gasteiger partial charge in [0, 0.05) is 32.1 Å². The van der Waals surface area contributed by atoms with Gasteiger partial charge in [0.25, 0.3) is 0 Å². The molecule has 0 atom stereocenters. The van der Waals surface area contributed by atoms with Gasteiger partial charge in [-0.3, -0.25) is 4.79 Å². The number of carboxylic acid groups (broad SMARTS) is 1. The summed E-state index contributed by atoms with van der Waals surface area (Å²) in [6.45, 7) is 2.23. The van der Waals surface area contributed by atoms with Crippen LogP contribution in [0.25, 0.3) is 0 Å². The number of hydrogen-bond acceptors (Lipinski definition) is 1. The van der Waals surface area contributed by atoms with Gasteiger partial charge in [0.1, 0.15) is 0 Å². The zero-order valence-electron chi connectivity index (χ0n) is 12.8. The molecule has 0 bridgehead atoms. The number of carbonyl (C=O) groups is 1. The summed E-state index contributed by atoms with van der Waals surface area (Å²) in [7, 11) is 0. The molecule has 0 fully saturated rings. The van der Waals surface area contributed by atoms with Crippen molar-refractivity contribution in [3.8, 4) is 23.7 Å². The Hall–Kier alpha value is -1.41. The van der Waals surface area contributed by atoms with Crippen molar-refractivity contribution in [3.05, 3.63) is 0 Å². The third kappa shape index (κ3) is 16.6. The highest BCUT2D eigenvalue weighted by Crippen LogP contribution is 2.04. The first kappa shape index (κ1) is 18.6. The molecule has 112 valence electrons. The van der Waals surface area contributed by atoms with Crippen LogP contribution < -0.4 is 0 Å². The van der Waals surface area contributed by atoms with Crippen molar-refractivity contribution < 1.29 is 9.90 Å². The van der Waals surface area contributed by atoms with Crippen LogP contribution in [-0.4, -0.2) is 11.1 Å². The van der Waals surface area contributed by atoms with Crippen LogP contribution in [-0.2, 0) is 4.79 Å². The van der Waals surface area contributed by atoms with Crippen LogP contribution in [0.3, 0.4) is 0 Å². The van der Waals surface area contributed by atoms with Gasteiger partial charge in [0.2, 0.25) is 0 Å². The molecule has 0 radical (unpaired) electrons. The SMILES string of the molecule is CCCCCCCC#CCCCC#CCCCC(=O)O. The Morgan fingerprint density at radius 3 is 1.80 bits per heavy atom. The fourth-order valence-electron chi connectivity index (χ4n) is 1.76. The van der Waals surface area contributed by atoms with Crippen molar-refractivity contribution in [2.45, 2.75) is 84.0 Å². The van der Waals surface area contributed by atoms with Gasteiger partial charge in [-0.2, -0.15) is 0 Å². The normalized spacial score (nSPS) is 9.25. The molecule has 0 aromatic carbocycles. The quantitative estimate of drug-likeness (QED) is 0.460. The van der Waals surface area contributed by atoms with E-state index in [9.17, 15) is 4.79 Å². The van der Waals surface area contributed by atoms with E-state index in [4.69, 9.17) is 5.11 Å². The average Bonchev–Trinajstić information content (AvgIpc) is 2.43. The molecule has 20 heavy (non-hydrogen) atoms. The molecule has 0 aromatic heterocycles. The maximum atomic E-state index is 10.3. The van der Waals surface area contributed by atoms with Gasteiger partial charge in [-0.1, -0.05) is 32.6 Å². The molecule has 0 aliphatic carbocycles. The molecule has 1 N–H and O–H groups in total. The lowest BCUT2D eigenvalue weighted by atomic mass is 10.1. The molecular formula is C18H28O2. The maximum absolute atomic E-state index is 10.3. The summed E-state index contributed by atoms with van der Waals surface area (Å²) in [5, 5.41) is 8.45. The van der Waals surface area contributed by atoms with Gasteiger partial charge >= 0.3 is 5.97 Å². The Bertz CT molecular complexity index is 349. The number of unbranched alkanes of at least 4 members (excludes halogenated alkanes) is 8. The largest absolute Gasteiger partial charge is 0.481 e. The lowest BCUT2D eigenvalue weighted by molar-refractivity contribution is -0.137. The van der Waals surface area contributed by atoms with Crippen LogP contribution in [0.5, 0.6) is 0 Å². The maximum Gasteiger partial charge on any atom is 0.303 e. The second-order valence-electron chi connectivity index (χ2n) is 4.97. The average molecular weight is 276 g/mol. The monoisotopic (exact) mass is 276 g/mol. The summed E-state index contributed by atoms with van der Waals surface area (Å²) >= 11 is 0. The van der Waals surface area contributed by atoms with Crippen LogP contribution >= 0.6 is 0 Å². The smallest absolute Gasteiger partial charge is 0.303 e. The van der Waals surface area contributed by atoms with Crippen molar-refractivity contribution >= 4 is 5.97 Å². The number of rotatable bonds is 10. The third-order valence-electron chi connectivity index (χ3n) is 2.95. The second-order valence-corrected chi connectivity index (χ2v) is 4.97. The van der Waals surface area contributed by atoms with Crippen LogP contribution in [0, 0.1) is 23.7 Å². The van der Waals surface area contributed by atoms with Crippen LogP contribution in [0.1, 0.15) is 84.0 Å². The summed E-state index contributed by atoms with van der Waals surface area (Å²) in [5.74, 6) is 11.8. The third-order valence-corrected chi connectivity index (χ3v) is 2.95. The van der Waals surface area contributed by atoms with Gasteiger partial charge in [0.15, 0.2) is 0 Å². The molecule has 0 aromatic rings. The van der Waals surface area contributed by atoms with Crippen LogP contribution in [0.15, 0.2) is 0 Å². The predicted octanol–water partition coefficient (Wildman–Crippen LogP) is 4.78. The van der Waals surface area contributed by atoms with Gasteiger partial charge in [-0.25, -0.2) is 0 Å². The van der Waals surface area contributed by atoms with Gasteiger partial charge < -0.3 is 5.11 Å². The van der Waals surface area contributed by atoms with Crippen molar-refractivity contribution in [1.29, 1.82) is 0 Å². The summed E-state index contributed by atoms with van der Waals surface area (Å²) in [6, 6.07) is 0. The topological polar surface area (TPSA) is 37.3 Å². The van der Waals surface area contributed by atoms with E-state index in [1.54, 1.807) is 0 Å². The fourth-order valence-corrected chi connectivity index (χ4v) is 1.76. The molecule has 0 unspecified atom stereocenters. The first-order valence-electron chi connectivity index (χ1n) is 7.90. The van der Waals surface area contributed by atoms with E-state index in [0.29, 0.717) is 12.8 Å². The zero-order chi connectivity index (χ0) is 14.9.